The van der Waals surface area contributed by atoms with E-state index in [1.807, 2.05) is 0 Å². The molecule has 0 N–H and O–H groups in total. The number of likely N-dealkylation sites (tertiary alicyclic amines) is 1. The summed E-state index contributed by atoms with van der Waals surface area (Å²) in [5.74, 6) is 0. The zero-order chi connectivity index (χ0) is 14.7. The fourth-order valence-electron chi connectivity index (χ4n) is 3.13. The Labute approximate surface area is 127 Å². The maximum atomic E-state index is 2.58. The summed E-state index contributed by atoms with van der Waals surface area (Å²) in [7, 11) is 4.39. The molecule has 2 heterocycles. The van der Waals surface area contributed by atoms with Crippen LogP contribution < -0.4 is 0 Å². The second-order valence-electron chi connectivity index (χ2n) is 6.25. The number of rotatable bonds is 4. The second-order valence-corrected chi connectivity index (χ2v) is 6.25. The summed E-state index contributed by atoms with van der Waals surface area (Å²) < 4.78 is 2.15. The maximum Gasteiger partial charge on any atom is 0.0449 e. The molecule has 0 radical (unpaired) electrons. The van der Waals surface area contributed by atoms with Crippen molar-refractivity contribution in [3.05, 3.63) is 54.4 Å². The SMILES string of the molecule is CN(C)C1CCCN(Cc2ccc(-n3cccc3)cc2)C1. The Kier molecular flexibility index (Phi) is 4.42. The van der Waals surface area contributed by atoms with E-state index in [4.69, 9.17) is 0 Å². The Morgan fingerprint density at radius 2 is 1.81 bits per heavy atom. The predicted octanol–water partition coefficient (Wildman–Crippen LogP) is 3.00. The van der Waals surface area contributed by atoms with Crippen molar-refractivity contribution < 1.29 is 0 Å². The lowest BCUT2D eigenvalue weighted by Crippen LogP contribution is -2.44. The molecule has 0 spiro atoms. The number of likely N-dealkylation sites (N-methyl/N-ethyl adjacent to an activating group) is 1. The van der Waals surface area contributed by atoms with Crippen molar-refractivity contribution in [1.82, 2.24) is 14.4 Å². The van der Waals surface area contributed by atoms with Crippen LogP contribution in [0.3, 0.4) is 0 Å². The molecule has 112 valence electrons. The fraction of sp³-hybridized carbons (Fsp3) is 0.444. The molecule has 0 saturated carbocycles. The first-order valence-electron chi connectivity index (χ1n) is 7.83. The summed E-state index contributed by atoms with van der Waals surface area (Å²) in [6.07, 6.45) is 6.81. The lowest BCUT2D eigenvalue weighted by atomic mass is 10.0. The average molecular weight is 283 g/mol. The van der Waals surface area contributed by atoms with Gasteiger partial charge in [0.2, 0.25) is 0 Å². The molecule has 0 bridgehead atoms. The highest BCUT2D eigenvalue weighted by molar-refractivity contribution is 5.35. The monoisotopic (exact) mass is 283 g/mol. The van der Waals surface area contributed by atoms with Crippen molar-refractivity contribution in [3.8, 4) is 5.69 Å². The Balaban J connectivity index is 1.62. The molecule has 1 aliphatic rings. The van der Waals surface area contributed by atoms with Crippen LogP contribution >= 0.6 is 0 Å². The quantitative estimate of drug-likeness (QED) is 0.854. The lowest BCUT2D eigenvalue weighted by molar-refractivity contribution is 0.128. The van der Waals surface area contributed by atoms with Crippen LogP contribution in [0, 0.1) is 0 Å². The standard InChI is InChI=1S/C18H25N3/c1-19(2)18-6-5-11-20(15-18)14-16-7-9-17(10-8-16)21-12-3-4-13-21/h3-4,7-10,12-13,18H,5-6,11,14-15H2,1-2H3. The lowest BCUT2D eigenvalue weighted by Gasteiger charge is -2.36. The van der Waals surface area contributed by atoms with Gasteiger partial charge in [-0.1, -0.05) is 12.1 Å². The number of hydrogen-bond donors (Lipinski definition) is 0. The molecule has 3 heteroatoms. The van der Waals surface area contributed by atoms with Gasteiger partial charge in [-0.2, -0.15) is 0 Å². The van der Waals surface area contributed by atoms with E-state index in [-0.39, 0.29) is 0 Å². The third-order valence-corrected chi connectivity index (χ3v) is 4.46. The topological polar surface area (TPSA) is 11.4 Å². The van der Waals surface area contributed by atoms with Gasteiger partial charge < -0.3 is 9.47 Å². The first-order chi connectivity index (χ1) is 10.2. The molecule has 1 saturated heterocycles. The van der Waals surface area contributed by atoms with Crippen LogP contribution in [-0.2, 0) is 6.54 Å². The van der Waals surface area contributed by atoms with E-state index in [1.165, 1.54) is 37.2 Å². The zero-order valence-corrected chi connectivity index (χ0v) is 13.1. The Morgan fingerprint density at radius 3 is 2.48 bits per heavy atom. The molecule has 1 aromatic heterocycles. The highest BCUT2D eigenvalue weighted by Crippen LogP contribution is 2.17. The number of piperidine rings is 1. The largest absolute Gasteiger partial charge is 0.324 e. The minimum Gasteiger partial charge on any atom is -0.324 e. The van der Waals surface area contributed by atoms with E-state index < -0.39 is 0 Å². The maximum absolute atomic E-state index is 2.58. The van der Waals surface area contributed by atoms with Crippen molar-refractivity contribution in [1.29, 1.82) is 0 Å². The second kappa shape index (κ2) is 6.46. The Morgan fingerprint density at radius 1 is 1.10 bits per heavy atom. The van der Waals surface area contributed by atoms with Crippen LogP contribution in [0.25, 0.3) is 5.69 Å². The highest BCUT2D eigenvalue weighted by atomic mass is 15.2. The third kappa shape index (κ3) is 3.55. The van der Waals surface area contributed by atoms with E-state index in [9.17, 15) is 0 Å². The van der Waals surface area contributed by atoms with Crippen molar-refractivity contribution in [3.63, 3.8) is 0 Å². The predicted molar refractivity (Wildman–Crippen MR) is 87.8 cm³/mol. The summed E-state index contributed by atoms with van der Waals surface area (Å²) in [5.41, 5.74) is 2.64. The van der Waals surface area contributed by atoms with Gasteiger partial charge in [0.05, 0.1) is 0 Å². The molecule has 1 unspecified atom stereocenters. The molecule has 21 heavy (non-hydrogen) atoms. The number of benzene rings is 1. The van der Waals surface area contributed by atoms with Gasteiger partial charge in [-0.15, -0.1) is 0 Å². The van der Waals surface area contributed by atoms with E-state index in [0.29, 0.717) is 6.04 Å². The molecular weight excluding hydrogens is 258 g/mol. The molecule has 1 fully saturated rings. The van der Waals surface area contributed by atoms with Gasteiger partial charge in [0, 0.05) is 37.2 Å². The molecular formula is C18H25N3. The van der Waals surface area contributed by atoms with Gasteiger partial charge in [0.15, 0.2) is 0 Å². The molecule has 1 aliphatic heterocycles. The first kappa shape index (κ1) is 14.4. The van der Waals surface area contributed by atoms with Crippen LogP contribution in [0.4, 0.5) is 0 Å². The van der Waals surface area contributed by atoms with Crippen molar-refractivity contribution >= 4 is 0 Å². The average Bonchev–Trinajstić information content (AvgIpc) is 3.02. The van der Waals surface area contributed by atoms with Crippen molar-refractivity contribution in [2.24, 2.45) is 0 Å². The molecule has 3 rings (SSSR count). The van der Waals surface area contributed by atoms with Crippen LogP contribution in [-0.4, -0.2) is 47.6 Å². The van der Waals surface area contributed by atoms with Gasteiger partial charge in [-0.25, -0.2) is 0 Å². The Bertz CT molecular complexity index is 542. The van der Waals surface area contributed by atoms with E-state index >= 15 is 0 Å². The zero-order valence-electron chi connectivity index (χ0n) is 13.1. The molecule has 0 aliphatic carbocycles. The van der Waals surface area contributed by atoms with E-state index in [0.717, 1.165) is 6.54 Å². The van der Waals surface area contributed by atoms with Crippen LogP contribution in [0.5, 0.6) is 0 Å². The number of hydrogen-bond acceptors (Lipinski definition) is 2. The summed E-state index contributed by atoms with van der Waals surface area (Å²) in [6, 6.07) is 13.8. The fourth-order valence-corrected chi connectivity index (χ4v) is 3.13. The summed E-state index contributed by atoms with van der Waals surface area (Å²) >= 11 is 0. The third-order valence-electron chi connectivity index (χ3n) is 4.46. The van der Waals surface area contributed by atoms with Crippen LogP contribution in [0.15, 0.2) is 48.8 Å². The number of aromatic nitrogens is 1. The Hall–Kier alpha value is -1.58. The minimum absolute atomic E-state index is 0.706. The van der Waals surface area contributed by atoms with E-state index in [1.54, 1.807) is 0 Å². The van der Waals surface area contributed by atoms with Gasteiger partial charge in [-0.3, -0.25) is 4.90 Å². The summed E-state index contributed by atoms with van der Waals surface area (Å²) in [5, 5.41) is 0. The van der Waals surface area contributed by atoms with Crippen molar-refractivity contribution in [2.45, 2.75) is 25.4 Å². The normalized spacial score (nSPS) is 20.0. The summed E-state index contributed by atoms with van der Waals surface area (Å²) in [4.78, 5) is 4.94. The van der Waals surface area contributed by atoms with Crippen LogP contribution in [0.1, 0.15) is 18.4 Å². The van der Waals surface area contributed by atoms with Gasteiger partial charge in [0.25, 0.3) is 0 Å². The molecule has 1 aromatic carbocycles. The number of nitrogens with zero attached hydrogens (tertiary/aromatic N) is 3. The summed E-state index contributed by atoms with van der Waals surface area (Å²) in [6.45, 7) is 3.48. The molecule has 1 atom stereocenters. The van der Waals surface area contributed by atoms with Gasteiger partial charge in [-0.05, 0) is 63.3 Å². The van der Waals surface area contributed by atoms with Gasteiger partial charge >= 0.3 is 0 Å². The minimum atomic E-state index is 0.706. The highest BCUT2D eigenvalue weighted by Gasteiger charge is 2.21. The first-order valence-corrected chi connectivity index (χ1v) is 7.83. The van der Waals surface area contributed by atoms with Gasteiger partial charge in [0.1, 0.15) is 0 Å². The molecule has 2 aromatic rings. The van der Waals surface area contributed by atoms with E-state index in [2.05, 4.69) is 77.3 Å². The molecule has 3 nitrogen and oxygen atoms in total. The molecule has 0 amide bonds. The van der Waals surface area contributed by atoms with Crippen LogP contribution in [0.2, 0.25) is 0 Å². The smallest absolute Gasteiger partial charge is 0.0449 e. The van der Waals surface area contributed by atoms with Crippen molar-refractivity contribution in [2.75, 3.05) is 27.2 Å².